The topological polar surface area (TPSA) is 85.5 Å². The van der Waals surface area contributed by atoms with E-state index in [1.807, 2.05) is 6.92 Å². The van der Waals surface area contributed by atoms with Gasteiger partial charge in [-0.05, 0) is 44.0 Å². The maximum atomic E-state index is 10.8. The lowest BCUT2D eigenvalue weighted by Crippen LogP contribution is -2.20. The monoisotopic (exact) mass is 274 g/mol. The van der Waals surface area contributed by atoms with Gasteiger partial charge in [-0.2, -0.15) is 0 Å². The second-order valence-electron chi connectivity index (χ2n) is 4.98. The highest BCUT2D eigenvalue weighted by molar-refractivity contribution is 5.88. The van der Waals surface area contributed by atoms with E-state index < -0.39 is 11.6 Å². The van der Waals surface area contributed by atoms with Crippen molar-refractivity contribution in [2.45, 2.75) is 25.4 Å². The molecule has 6 nitrogen and oxygen atoms in total. The van der Waals surface area contributed by atoms with Crippen molar-refractivity contribution in [2.24, 2.45) is 0 Å². The Morgan fingerprint density at radius 3 is 2.65 bits per heavy atom. The number of aromatic carboxylic acids is 1. The van der Waals surface area contributed by atoms with Crippen LogP contribution >= 0.6 is 0 Å². The van der Waals surface area contributed by atoms with Gasteiger partial charge in [-0.3, -0.25) is 0 Å². The van der Waals surface area contributed by atoms with Gasteiger partial charge in [0, 0.05) is 12.2 Å². The molecule has 0 amide bonds. The average Bonchev–Trinajstić information content (AvgIpc) is 3.08. The number of benzene rings is 1. The van der Waals surface area contributed by atoms with Gasteiger partial charge in [0.25, 0.3) is 0 Å². The maximum absolute atomic E-state index is 10.8. The lowest BCUT2D eigenvalue weighted by atomic mass is 10.0. The molecule has 6 heteroatoms. The number of rotatable bonds is 3. The maximum Gasteiger partial charge on any atom is 0.335 e. The molecule has 20 heavy (non-hydrogen) atoms. The van der Waals surface area contributed by atoms with Gasteiger partial charge in [0.05, 0.1) is 5.56 Å². The van der Waals surface area contributed by atoms with Crippen LogP contribution in [0, 0.1) is 0 Å². The molecule has 2 heterocycles. The summed E-state index contributed by atoms with van der Waals surface area (Å²) in [5.74, 6) is -0.129. The number of carboxylic acids is 1. The largest absolute Gasteiger partial charge is 0.478 e. The van der Waals surface area contributed by atoms with Crippen LogP contribution in [0.15, 0.2) is 28.7 Å². The Labute approximate surface area is 115 Å². The number of ether oxygens (including phenoxy) is 1. The highest BCUT2D eigenvalue weighted by Gasteiger charge is 2.37. The van der Waals surface area contributed by atoms with Gasteiger partial charge in [-0.15, -0.1) is 10.2 Å². The first-order valence-electron chi connectivity index (χ1n) is 6.40. The minimum absolute atomic E-state index is 0.222. The van der Waals surface area contributed by atoms with Crippen molar-refractivity contribution >= 4 is 5.97 Å². The van der Waals surface area contributed by atoms with Crippen LogP contribution in [-0.4, -0.2) is 27.9 Å². The summed E-state index contributed by atoms with van der Waals surface area (Å²) in [6.07, 6.45) is 1.83. The molecule has 0 saturated carbocycles. The van der Waals surface area contributed by atoms with Crippen molar-refractivity contribution < 1.29 is 19.1 Å². The molecule has 0 aliphatic carbocycles. The molecule has 1 saturated heterocycles. The zero-order valence-electron chi connectivity index (χ0n) is 11.0. The quantitative estimate of drug-likeness (QED) is 0.925. The zero-order valence-corrected chi connectivity index (χ0v) is 11.0. The van der Waals surface area contributed by atoms with E-state index in [2.05, 4.69) is 10.2 Å². The standard InChI is InChI=1S/C14H14N2O4/c1-14(7-2-8-19-14)13-16-15-11(20-13)9-3-5-10(6-4-9)12(17)18/h3-6H,2,7-8H2,1H3,(H,17,18). The van der Waals surface area contributed by atoms with E-state index in [0.29, 0.717) is 24.0 Å². The van der Waals surface area contributed by atoms with E-state index in [1.165, 1.54) is 12.1 Å². The third-order valence-electron chi connectivity index (χ3n) is 3.48. The van der Waals surface area contributed by atoms with Gasteiger partial charge >= 0.3 is 5.97 Å². The summed E-state index contributed by atoms with van der Waals surface area (Å²) in [6, 6.07) is 6.32. The fraction of sp³-hybridized carbons (Fsp3) is 0.357. The molecule has 1 unspecified atom stereocenters. The van der Waals surface area contributed by atoms with Crippen LogP contribution in [0.2, 0.25) is 0 Å². The predicted molar refractivity (Wildman–Crippen MR) is 69.2 cm³/mol. The van der Waals surface area contributed by atoms with Crippen LogP contribution in [0.4, 0.5) is 0 Å². The Kier molecular flexibility index (Phi) is 3.02. The number of carbonyl (C=O) groups is 1. The minimum atomic E-state index is -0.963. The van der Waals surface area contributed by atoms with Crippen LogP contribution in [0.3, 0.4) is 0 Å². The van der Waals surface area contributed by atoms with Gasteiger partial charge < -0.3 is 14.3 Å². The molecule has 0 spiro atoms. The Morgan fingerprint density at radius 1 is 1.30 bits per heavy atom. The van der Waals surface area contributed by atoms with E-state index in [-0.39, 0.29) is 5.56 Å². The number of nitrogens with zero attached hydrogens (tertiary/aromatic N) is 2. The summed E-state index contributed by atoms with van der Waals surface area (Å²) in [4.78, 5) is 10.8. The molecule has 1 aliphatic rings. The van der Waals surface area contributed by atoms with Crippen molar-refractivity contribution in [1.82, 2.24) is 10.2 Å². The molecule has 1 aliphatic heterocycles. The first-order chi connectivity index (χ1) is 9.58. The summed E-state index contributed by atoms with van der Waals surface area (Å²) in [5.41, 5.74) is 0.404. The Bertz CT molecular complexity index is 627. The fourth-order valence-electron chi connectivity index (χ4n) is 2.26. The van der Waals surface area contributed by atoms with E-state index in [9.17, 15) is 4.79 Å². The molecule has 2 aromatic rings. The van der Waals surface area contributed by atoms with Gasteiger partial charge in [0.15, 0.2) is 0 Å². The second kappa shape index (κ2) is 4.72. The number of carboxylic acid groups (broad SMARTS) is 1. The molecule has 104 valence electrons. The van der Waals surface area contributed by atoms with Crippen molar-refractivity contribution in [3.05, 3.63) is 35.7 Å². The fourth-order valence-corrected chi connectivity index (χ4v) is 2.26. The van der Waals surface area contributed by atoms with Crippen LogP contribution in [0.25, 0.3) is 11.5 Å². The molecule has 0 radical (unpaired) electrons. The molecule has 0 bridgehead atoms. The number of hydrogen-bond acceptors (Lipinski definition) is 5. The summed E-state index contributed by atoms with van der Waals surface area (Å²) in [5, 5.41) is 16.9. The molecular weight excluding hydrogens is 260 g/mol. The zero-order chi connectivity index (χ0) is 14.2. The minimum Gasteiger partial charge on any atom is -0.478 e. The normalized spacial score (nSPS) is 22.1. The Balaban J connectivity index is 1.88. The number of aromatic nitrogens is 2. The Hall–Kier alpha value is -2.21. The van der Waals surface area contributed by atoms with Crippen LogP contribution in [0.1, 0.15) is 36.0 Å². The van der Waals surface area contributed by atoms with E-state index in [4.69, 9.17) is 14.3 Å². The van der Waals surface area contributed by atoms with Crippen LogP contribution in [-0.2, 0) is 10.3 Å². The lowest BCUT2D eigenvalue weighted by Gasteiger charge is -2.17. The highest BCUT2D eigenvalue weighted by atomic mass is 16.5. The van der Waals surface area contributed by atoms with Crippen molar-refractivity contribution in [1.29, 1.82) is 0 Å². The first kappa shape index (κ1) is 12.8. The summed E-state index contributed by atoms with van der Waals surface area (Å²) < 4.78 is 11.3. The van der Waals surface area contributed by atoms with Crippen molar-refractivity contribution in [2.75, 3.05) is 6.61 Å². The third-order valence-corrected chi connectivity index (χ3v) is 3.48. The van der Waals surface area contributed by atoms with Crippen LogP contribution in [0.5, 0.6) is 0 Å². The van der Waals surface area contributed by atoms with Crippen LogP contribution < -0.4 is 0 Å². The van der Waals surface area contributed by atoms with Gasteiger partial charge in [-0.25, -0.2) is 4.79 Å². The molecule has 1 aromatic carbocycles. The SMILES string of the molecule is CC1(c2nnc(-c3ccc(C(=O)O)cc3)o2)CCCO1. The van der Waals surface area contributed by atoms with E-state index in [0.717, 1.165) is 12.8 Å². The van der Waals surface area contributed by atoms with E-state index in [1.54, 1.807) is 12.1 Å². The van der Waals surface area contributed by atoms with Crippen molar-refractivity contribution in [3.63, 3.8) is 0 Å². The summed E-state index contributed by atoms with van der Waals surface area (Å²) in [7, 11) is 0. The molecule has 1 atom stereocenters. The predicted octanol–water partition coefficient (Wildman–Crippen LogP) is 2.46. The Morgan fingerprint density at radius 2 is 2.05 bits per heavy atom. The van der Waals surface area contributed by atoms with Gasteiger partial charge in [-0.1, -0.05) is 0 Å². The smallest absolute Gasteiger partial charge is 0.335 e. The first-order valence-corrected chi connectivity index (χ1v) is 6.40. The van der Waals surface area contributed by atoms with E-state index >= 15 is 0 Å². The summed E-state index contributed by atoms with van der Waals surface area (Å²) in [6.45, 7) is 2.63. The number of hydrogen-bond donors (Lipinski definition) is 1. The molecule has 3 rings (SSSR count). The molecule has 1 aromatic heterocycles. The second-order valence-corrected chi connectivity index (χ2v) is 4.98. The summed E-state index contributed by atoms with van der Waals surface area (Å²) >= 11 is 0. The van der Waals surface area contributed by atoms with Crippen molar-refractivity contribution in [3.8, 4) is 11.5 Å². The van der Waals surface area contributed by atoms with Gasteiger partial charge in [0.1, 0.15) is 5.60 Å². The average molecular weight is 274 g/mol. The lowest BCUT2D eigenvalue weighted by molar-refractivity contribution is -0.00503. The van der Waals surface area contributed by atoms with Gasteiger partial charge in [0.2, 0.25) is 11.8 Å². The molecule has 1 fully saturated rings. The highest BCUT2D eigenvalue weighted by Crippen LogP contribution is 2.35. The third kappa shape index (κ3) is 2.18. The molecule has 1 N–H and O–H groups in total. The molecular formula is C14H14N2O4.